The monoisotopic (exact) mass is 235 g/mol. The normalized spacial score (nSPS) is 9.82. The minimum Gasteiger partial charge on any atom is -0.326 e. The van der Waals surface area contributed by atoms with Crippen molar-refractivity contribution < 1.29 is 9.59 Å². The molecule has 0 radical (unpaired) electrons. The molecule has 0 unspecified atom stereocenters. The summed E-state index contributed by atoms with van der Waals surface area (Å²) in [5, 5.41) is 8.24. The molecule has 1 aromatic rings. The molecule has 0 spiro atoms. The van der Waals surface area contributed by atoms with Crippen LogP contribution in [0.1, 0.15) is 12.5 Å². The van der Waals surface area contributed by atoms with Gasteiger partial charge in [-0.15, -0.1) is 0 Å². The Labute approximate surface area is 101 Å². The zero-order valence-electron chi connectivity index (χ0n) is 10.3. The van der Waals surface area contributed by atoms with Crippen LogP contribution in [-0.2, 0) is 9.59 Å². The largest absolute Gasteiger partial charge is 0.326 e. The summed E-state index contributed by atoms with van der Waals surface area (Å²) in [5.41, 5.74) is 2.38. The number of likely N-dealkylation sites (N-methyl/N-ethyl adjacent to an activating group) is 1. The van der Waals surface area contributed by atoms with Gasteiger partial charge >= 0.3 is 0 Å². The van der Waals surface area contributed by atoms with E-state index < -0.39 is 0 Å². The van der Waals surface area contributed by atoms with Crippen LogP contribution >= 0.6 is 0 Å². The Balaban J connectivity index is 2.74. The van der Waals surface area contributed by atoms with E-state index in [1.165, 1.54) is 6.92 Å². The highest BCUT2D eigenvalue weighted by Crippen LogP contribution is 2.19. The SMILES string of the molecule is CNCC(=O)Nc1ccc(NC(C)=O)c(C)c1. The van der Waals surface area contributed by atoms with Crippen molar-refractivity contribution in [2.24, 2.45) is 0 Å². The van der Waals surface area contributed by atoms with Crippen molar-refractivity contribution in [2.45, 2.75) is 13.8 Å². The van der Waals surface area contributed by atoms with E-state index in [0.29, 0.717) is 0 Å². The Kier molecular flexibility index (Phi) is 4.66. The summed E-state index contributed by atoms with van der Waals surface area (Å²) >= 11 is 0. The van der Waals surface area contributed by atoms with Crippen LogP contribution < -0.4 is 16.0 Å². The smallest absolute Gasteiger partial charge is 0.238 e. The Bertz CT molecular complexity index is 430. The zero-order valence-corrected chi connectivity index (χ0v) is 10.3. The Morgan fingerprint density at radius 1 is 1.24 bits per heavy atom. The molecule has 92 valence electrons. The topological polar surface area (TPSA) is 70.2 Å². The molecule has 0 aliphatic heterocycles. The van der Waals surface area contributed by atoms with Gasteiger partial charge in [-0.05, 0) is 37.7 Å². The van der Waals surface area contributed by atoms with Crippen LogP contribution in [0.2, 0.25) is 0 Å². The van der Waals surface area contributed by atoms with Crippen molar-refractivity contribution in [1.29, 1.82) is 0 Å². The van der Waals surface area contributed by atoms with E-state index in [1.807, 2.05) is 13.0 Å². The molecule has 2 amide bonds. The van der Waals surface area contributed by atoms with Crippen LogP contribution in [0.5, 0.6) is 0 Å². The summed E-state index contributed by atoms with van der Waals surface area (Å²) in [6.45, 7) is 3.60. The van der Waals surface area contributed by atoms with Gasteiger partial charge in [0.15, 0.2) is 0 Å². The molecule has 0 aromatic heterocycles. The zero-order chi connectivity index (χ0) is 12.8. The summed E-state index contributed by atoms with van der Waals surface area (Å²) in [7, 11) is 1.71. The maximum Gasteiger partial charge on any atom is 0.238 e. The third kappa shape index (κ3) is 4.24. The first-order valence-electron chi connectivity index (χ1n) is 5.35. The van der Waals surface area contributed by atoms with E-state index in [-0.39, 0.29) is 18.4 Å². The first-order chi connectivity index (χ1) is 8.02. The fraction of sp³-hybridized carbons (Fsp3) is 0.333. The van der Waals surface area contributed by atoms with Gasteiger partial charge in [-0.25, -0.2) is 0 Å². The maximum atomic E-state index is 11.3. The number of rotatable bonds is 4. The second kappa shape index (κ2) is 6.00. The molecule has 0 saturated heterocycles. The lowest BCUT2D eigenvalue weighted by molar-refractivity contribution is -0.115. The third-order valence-corrected chi connectivity index (χ3v) is 2.16. The fourth-order valence-electron chi connectivity index (χ4n) is 1.44. The van der Waals surface area contributed by atoms with E-state index in [1.54, 1.807) is 19.2 Å². The van der Waals surface area contributed by atoms with Crippen molar-refractivity contribution in [1.82, 2.24) is 5.32 Å². The average Bonchev–Trinajstić information content (AvgIpc) is 2.22. The van der Waals surface area contributed by atoms with Gasteiger partial charge < -0.3 is 16.0 Å². The van der Waals surface area contributed by atoms with Gasteiger partial charge in [0.1, 0.15) is 0 Å². The predicted molar refractivity (Wildman–Crippen MR) is 68.0 cm³/mol. The van der Waals surface area contributed by atoms with E-state index in [0.717, 1.165) is 16.9 Å². The van der Waals surface area contributed by atoms with Gasteiger partial charge in [-0.1, -0.05) is 0 Å². The molecule has 0 saturated carbocycles. The first-order valence-corrected chi connectivity index (χ1v) is 5.35. The van der Waals surface area contributed by atoms with Crippen molar-refractivity contribution in [3.8, 4) is 0 Å². The van der Waals surface area contributed by atoms with Crippen LogP contribution in [-0.4, -0.2) is 25.4 Å². The number of hydrogen-bond donors (Lipinski definition) is 3. The molecular weight excluding hydrogens is 218 g/mol. The van der Waals surface area contributed by atoms with Crippen molar-refractivity contribution in [3.63, 3.8) is 0 Å². The number of aryl methyl sites for hydroxylation is 1. The molecule has 1 aromatic carbocycles. The van der Waals surface area contributed by atoms with Crippen LogP contribution in [0.25, 0.3) is 0 Å². The molecule has 0 fully saturated rings. The average molecular weight is 235 g/mol. The van der Waals surface area contributed by atoms with Crippen LogP contribution in [0.3, 0.4) is 0 Å². The second-order valence-corrected chi connectivity index (χ2v) is 3.79. The predicted octanol–water partition coefficient (Wildman–Crippen LogP) is 1.11. The van der Waals surface area contributed by atoms with Gasteiger partial charge in [-0.2, -0.15) is 0 Å². The number of carbonyl (C=O) groups excluding carboxylic acids is 2. The molecule has 5 heteroatoms. The Morgan fingerprint density at radius 3 is 2.47 bits per heavy atom. The maximum absolute atomic E-state index is 11.3. The van der Waals surface area contributed by atoms with Crippen LogP contribution in [0.4, 0.5) is 11.4 Å². The molecule has 3 N–H and O–H groups in total. The fourth-order valence-corrected chi connectivity index (χ4v) is 1.44. The highest BCUT2D eigenvalue weighted by molar-refractivity contribution is 5.93. The summed E-state index contributed by atoms with van der Waals surface area (Å²) < 4.78 is 0. The Hall–Kier alpha value is -1.88. The summed E-state index contributed by atoms with van der Waals surface area (Å²) in [5.74, 6) is -0.209. The quantitative estimate of drug-likeness (QED) is 0.732. The molecule has 0 aliphatic rings. The molecule has 0 aliphatic carbocycles. The van der Waals surface area contributed by atoms with Gasteiger partial charge in [0, 0.05) is 18.3 Å². The number of amides is 2. The number of carbonyl (C=O) groups is 2. The van der Waals surface area contributed by atoms with Crippen LogP contribution in [0, 0.1) is 6.92 Å². The number of anilines is 2. The molecule has 1 rings (SSSR count). The van der Waals surface area contributed by atoms with Gasteiger partial charge in [0.25, 0.3) is 0 Å². The van der Waals surface area contributed by atoms with E-state index in [4.69, 9.17) is 0 Å². The van der Waals surface area contributed by atoms with Crippen molar-refractivity contribution >= 4 is 23.2 Å². The molecular formula is C12H17N3O2. The number of benzene rings is 1. The second-order valence-electron chi connectivity index (χ2n) is 3.79. The molecule has 5 nitrogen and oxygen atoms in total. The summed E-state index contributed by atoms with van der Waals surface area (Å²) in [6.07, 6.45) is 0. The molecule has 0 bridgehead atoms. The highest BCUT2D eigenvalue weighted by Gasteiger charge is 2.04. The van der Waals surface area contributed by atoms with E-state index in [2.05, 4.69) is 16.0 Å². The van der Waals surface area contributed by atoms with Crippen molar-refractivity contribution in [3.05, 3.63) is 23.8 Å². The minimum atomic E-state index is -0.111. The lowest BCUT2D eigenvalue weighted by atomic mass is 10.1. The highest BCUT2D eigenvalue weighted by atomic mass is 16.2. The van der Waals surface area contributed by atoms with E-state index >= 15 is 0 Å². The standard InChI is InChI=1S/C12H17N3O2/c1-8-6-10(15-12(17)7-13-3)4-5-11(8)14-9(2)16/h4-6,13H,7H2,1-3H3,(H,14,16)(H,15,17). The van der Waals surface area contributed by atoms with Gasteiger partial charge in [-0.3, -0.25) is 9.59 Å². The lowest BCUT2D eigenvalue weighted by Crippen LogP contribution is -2.25. The molecule has 0 atom stereocenters. The molecule has 17 heavy (non-hydrogen) atoms. The minimum absolute atomic E-state index is 0.0980. The summed E-state index contributed by atoms with van der Waals surface area (Å²) in [6, 6.07) is 5.34. The third-order valence-electron chi connectivity index (χ3n) is 2.16. The van der Waals surface area contributed by atoms with E-state index in [9.17, 15) is 9.59 Å². The number of hydrogen-bond acceptors (Lipinski definition) is 3. The number of nitrogens with one attached hydrogen (secondary N) is 3. The summed E-state index contributed by atoms with van der Waals surface area (Å²) in [4.78, 5) is 22.3. The first kappa shape index (κ1) is 13.2. The van der Waals surface area contributed by atoms with Crippen molar-refractivity contribution in [2.75, 3.05) is 24.2 Å². The van der Waals surface area contributed by atoms with Gasteiger partial charge in [0.05, 0.1) is 6.54 Å². The lowest BCUT2D eigenvalue weighted by Gasteiger charge is -2.10. The molecule has 0 heterocycles. The Morgan fingerprint density at radius 2 is 1.94 bits per heavy atom. The van der Waals surface area contributed by atoms with Gasteiger partial charge in [0.2, 0.25) is 11.8 Å². The van der Waals surface area contributed by atoms with Crippen LogP contribution in [0.15, 0.2) is 18.2 Å².